The summed E-state index contributed by atoms with van der Waals surface area (Å²) < 4.78 is 1.83. The topological polar surface area (TPSA) is 45.0 Å². The number of pyridine rings is 1. The summed E-state index contributed by atoms with van der Waals surface area (Å²) in [6.45, 7) is 0.726. The van der Waals surface area contributed by atoms with Gasteiger partial charge in [0.1, 0.15) is 0 Å². The van der Waals surface area contributed by atoms with Gasteiger partial charge in [0.15, 0.2) is 12.4 Å². The van der Waals surface area contributed by atoms with E-state index in [0.29, 0.717) is 0 Å². The van der Waals surface area contributed by atoms with Crippen molar-refractivity contribution in [1.29, 1.82) is 0 Å². The summed E-state index contributed by atoms with van der Waals surface area (Å²) in [5.74, 6) is 0. The number of hydrogen-bond acceptors (Lipinski definition) is 3. The first-order valence-corrected chi connectivity index (χ1v) is 7.91. The molecule has 0 bridgehead atoms. The van der Waals surface area contributed by atoms with Crippen molar-refractivity contribution in [2.45, 2.75) is 12.7 Å². The van der Waals surface area contributed by atoms with E-state index >= 15 is 0 Å². The van der Waals surface area contributed by atoms with Crippen LogP contribution in [-0.2, 0) is 11.3 Å². The normalized spacial score (nSPS) is 11.5. The summed E-state index contributed by atoms with van der Waals surface area (Å²) in [5.41, 5.74) is 3.06. The predicted molar refractivity (Wildman–Crippen MR) is 95.6 cm³/mol. The smallest absolute Gasteiger partial charge is 0.288 e. The number of carbonyl (C=O) groups is 1. The first kappa shape index (κ1) is 15.7. The average Bonchev–Trinajstić information content (AvgIpc) is 2.66. The van der Waals surface area contributed by atoms with Crippen LogP contribution in [0.3, 0.4) is 0 Å². The molecule has 1 atom stereocenters. The van der Waals surface area contributed by atoms with E-state index in [1.54, 1.807) is 0 Å². The molecule has 3 rings (SSSR count). The third-order valence-electron chi connectivity index (χ3n) is 3.74. The zero-order valence-electron chi connectivity index (χ0n) is 13.3. The van der Waals surface area contributed by atoms with E-state index in [-0.39, 0.29) is 0 Å². The Balaban J connectivity index is 1.75. The zero-order valence-corrected chi connectivity index (χ0v) is 13.3. The number of carbonyl (C=O) groups excluding carboxylic acids is 1. The lowest BCUT2D eigenvalue weighted by molar-refractivity contribution is -0.701. The van der Waals surface area contributed by atoms with E-state index in [0.717, 1.165) is 24.2 Å². The van der Waals surface area contributed by atoms with Gasteiger partial charge in [-0.3, -0.25) is 4.79 Å². The third kappa shape index (κ3) is 3.98. The Morgan fingerprint density at radius 2 is 1.46 bits per heavy atom. The van der Waals surface area contributed by atoms with Crippen molar-refractivity contribution in [3.05, 3.63) is 90.8 Å². The molecule has 1 aromatic heterocycles. The number of anilines is 2. The van der Waals surface area contributed by atoms with Gasteiger partial charge in [0.25, 0.3) is 6.17 Å². The maximum absolute atomic E-state index is 11.5. The number of hydrogen-bond donors (Lipinski definition) is 2. The minimum absolute atomic E-state index is 0.453. The number of aromatic nitrogens is 1. The molecule has 0 radical (unpaired) electrons. The molecule has 0 aliphatic rings. The molecule has 0 amide bonds. The highest BCUT2D eigenvalue weighted by atomic mass is 16.1. The first-order chi connectivity index (χ1) is 11.9. The molecule has 0 aliphatic carbocycles. The van der Waals surface area contributed by atoms with Gasteiger partial charge in [0.2, 0.25) is 6.29 Å². The Labute approximate surface area is 141 Å². The van der Waals surface area contributed by atoms with Crippen LogP contribution in [0.2, 0.25) is 0 Å². The van der Waals surface area contributed by atoms with Gasteiger partial charge in [0, 0.05) is 18.7 Å². The van der Waals surface area contributed by atoms with E-state index in [1.165, 1.54) is 5.56 Å². The van der Waals surface area contributed by atoms with Crippen molar-refractivity contribution in [2.24, 2.45) is 0 Å². The summed E-state index contributed by atoms with van der Waals surface area (Å²) in [5, 5.41) is 6.71. The van der Waals surface area contributed by atoms with E-state index in [9.17, 15) is 4.79 Å². The summed E-state index contributed by atoms with van der Waals surface area (Å²) in [7, 11) is 0. The van der Waals surface area contributed by atoms with Crippen molar-refractivity contribution in [3.63, 3.8) is 0 Å². The van der Waals surface area contributed by atoms with Crippen molar-refractivity contribution in [2.75, 3.05) is 10.6 Å². The molecule has 1 heterocycles. The minimum atomic E-state index is -0.453. The highest BCUT2D eigenvalue weighted by molar-refractivity contribution is 5.71. The number of aldehydes is 1. The fraction of sp³-hybridized carbons (Fsp3) is 0.100. The molecular weight excluding hydrogens is 298 g/mol. The fourth-order valence-electron chi connectivity index (χ4n) is 2.49. The SMILES string of the molecule is O=CC(Nc1ccccc1NCc1ccccc1)[n+]1ccccc1. The third-order valence-corrected chi connectivity index (χ3v) is 3.74. The van der Waals surface area contributed by atoms with Crippen LogP contribution in [0.25, 0.3) is 0 Å². The summed E-state index contributed by atoms with van der Waals surface area (Å²) in [6, 6.07) is 23.8. The Morgan fingerprint density at radius 3 is 2.17 bits per heavy atom. The van der Waals surface area contributed by atoms with Crippen LogP contribution in [0.15, 0.2) is 85.2 Å². The number of rotatable bonds is 7. The summed E-state index contributed by atoms with van der Waals surface area (Å²) in [4.78, 5) is 11.5. The van der Waals surface area contributed by atoms with E-state index in [4.69, 9.17) is 0 Å². The van der Waals surface area contributed by atoms with Crippen LogP contribution in [0.4, 0.5) is 11.4 Å². The molecule has 120 valence electrons. The molecular formula is C20H20N3O+. The average molecular weight is 318 g/mol. The quantitative estimate of drug-likeness (QED) is 0.518. The van der Waals surface area contributed by atoms with Crippen LogP contribution < -0.4 is 15.2 Å². The lowest BCUT2D eigenvalue weighted by atomic mass is 10.2. The van der Waals surface area contributed by atoms with E-state index < -0.39 is 6.17 Å². The molecule has 1 unspecified atom stereocenters. The maximum Gasteiger partial charge on any atom is 0.288 e. The Kier molecular flexibility index (Phi) is 5.20. The van der Waals surface area contributed by atoms with E-state index in [2.05, 4.69) is 22.8 Å². The molecule has 0 saturated heterocycles. The Hall–Kier alpha value is -3.14. The van der Waals surface area contributed by atoms with Crippen LogP contribution in [0, 0.1) is 0 Å². The molecule has 0 fully saturated rings. The fourth-order valence-corrected chi connectivity index (χ4v) is 2.49. The van der Waals surface area contributed by atoms with Crippen molar-refractivity contribution >= 4 is 17.7 Å². The van der Waals surface area contributed by atoms with Gasteiger partial charge in [-0.1, -0.05) is 48.5 Å². The zero-order chi connectivity index (χ0) is 16.6. The van der Waals surface area contributed by atoms with Gasteiger partial charge in [-0.2, -0.15) is 4.57 Å². The van der Waals surface area contributed by atoms with Gasteiger partial charge in [-0.25, -0.2) is 0 Å². The van der Waals surface area contributed by atoms with E-state index in [1.807, 2.05) is 77.6 Å². The predicted octanol–water partition coefficient (Wildman–Crippen LogP) is 3.40. The van der Waals surface area contributed by atoms with Crippen LogP contribution in [0.5, 0.6) is 0 Å². The van der Waals surface area contributed by atoms with Gasteiger partial charge in [0.05, 0.1) is 11.4 Å². The second-order valence-corrected chi connectivity index (χ2v) is 5.43. The monoisotopic (exact) mass is 318 g/mol. The van der Waals surface area contributed by atoms with Gasteiger partial charge >= 0.3 is 0 Å². The molecule has 0 aliphatic heterocycles. The molecule has 0 spiro atoms. The maximum atomic E-state index is 11.5. The van der Waals surface area contributed by atoms with Crippen LogP contribution in [-0.4, -0.2) is 6.29 Å². The number of benzene rings is 2. The molecule has 3 aromatic rings. The van der Waals surface area contributed by atoms with Gasteiger partial charge in [-0.05, 0) is 17.7 Å². The summed E-state index contributed by atoms with van der Waals surface area (Å²) >= 11 is 0. The highest BCUT2D eigenvalue weighted by Crippen LogP contribution is 2.23. The lowest BCUT2D eigenvalue weighted by Crippen LogP contribution is -2.44. The second-order valence-electron chi connectivity index (χ2n) is 5.43. The standard InChI is InChI=1S/C20H20N3O/c24-16-20(23-13-7-2-8-14-23)22-19-12-6-5-11-18(19)21-15-17-9-3-1-4-10-17/h1-14,16,20-22H,15H2/q+1. The molecule has 2 aromatic carbocycles. The molecule has 0 saturated carbocycles. The van der Waals surface area contributed by atoms with Gasteiger partial charge < -0.3 is 10.6 Å². The van der Waals surface area contributed by atoms with Gasteiger partial charge in [-0.15, -0.1) is 0 Å². The minimum Gasteiger partial charge on any atom is -0.379 e. The van der Waals surface area contributed by atoms with Crippen molar-refractivity contribution < 1.29 is 9.36 Å². The Bertz CT molecular complexity index is 775. The van der Waals surface area contributed by atoms with Crippen molar-refractivity contribution in [1.82, 2.24) is 0 Å². The largest absolute Gasteiger partial charge is 0.379 e. The number of nitrogens with one attached hydrogen (secondary N) is 2. The van der Waals surface area contributed by atoms with Crippen LogP contribution in [0.1, 0.15) is 11.7 Å². The van der Waals surface area contributed by atoms with Crippen molar-refractivity contribution in [3.8, 4) is 0 Å². The molecule has 24 heavy (non-hydrogen) atoms. The molecule has 2 N–H and O–H groups in total. The van der Waals surface area contributed by atoms with Crippen LogP contribution >= 0.6 is 0 Å². The summed E-state index contributed by atoms with van der Waals surface area (Å²) in [6.07, 6.45) is 4.18. The first-order valence-electron chi connectivity index (χ1n) is 7.91. The highest BCUT2D eigenvalue weighted by Gasteiger charge is 2.17. The molecule has 4 heteroatoms. The Morgan fingerprint density at radius 1 is 0.833 bits per heavy atom. The second kappa shape index (κ2) is 7.92. The number of nitrogens with zero attached hydrogens (tertiary/aromatic N) is 1. The molecule has 4 nitrogen and oxygen atoms in total. The lowest BCUT2D eigenvalue weighted by Gasteiger charge is -2.15. The number of para-hydroxylation sites is 2.